The minimum Gasteiger partial charge on any atom is -0.398 e. The number of fused-ring (bicyclic) bond motifs is 1. The summed E-state index contributed by atoms with van der Waals surface area (Å²) in [7, 11) is 0. The first-order chi connectivity index (χ1) is 10.1. The van der Waals surface area contributed by atoms with Gasteiger partial charge in [0, 0.05) is 30.0 Å². The number of aromatic nitrogens is 3. The number of nitrogens with zero attached hydrogens (tertiary/aromatic N) is 4. The molecule has 1 aliphatic heterocycles. The molecule has 0 atom stereocenters. The number of rotatable bonds is 3. The molecule has 0 amide bonds. The van der Waals surface area contributed by atoms with Crippen molar-refractivity contribution in [3.8, 4) is 0 Å². The quantitative estimate of drug-likeness (QED) is 0.531. The van der Waals surface area contributed by atoms with Crippen molar-refractivity contribution < 1.29 is 4.92 Å². The number of benzene rings is 1. The van der Waals surface area contributed by atoms with Crippen molar-refractivity contribution in [3.63, 3.8) is 0 Å². The lowest BCUT2D eigenvalue weighted by atomic mass is 10.2. The van der Waals surface area contributed by atoms with Gasteiger partial charge in [0.25, 0.3) is 5.69 Å². The molecule has 0 spiro atoms. The van der Waals surface area contributed by atoms with Crippen molar-refractivity contribution in [1.82, 2.24) is 14.8 Å². The summed E-state index contributed by atoms with van der Waals surface area (Å²) in [4.78, 5) is 11.0. The summed E-state index contributed by atoms with van der Waals surface area (Å²) in [6, 6.07) is 4.50. The Bertz CT molecular complexity index is 685. The zero-order valence-electron chi connectivity index (χ0n) is 11.4. The molecule has 7 nitrogen and oxygen atoms in total. The molecule has 2 N–H and O–H groups in total. The normalized spacial score (nSPS) is 14.5. The Labute approximate surface area is 125 Å². The Morgan fingerprint density at radius 3 is 2.90 bits per heavy atom. The van der Waals surface area contributed by atoms with Gasteiger partial charge < -0.3 is 10.3 Å². The summed E-state index contributed by atoms with van der Waals surface area (Å²) < 4.78 is 2.12. The maximum Gasteiger partial charge on any atom is 0.271 e. The molecule has 110 valence electrons. The molecule has 0 radical (unpaired) electrons. The predicted octanol–water partition coefficient (Wildman–Crippen LogP) is 2.65. The lowest BCUT2D eigenvalue weighted by Crippen LogP contribution is -2.02. The number of nitro groups is 1. The maximum atomic E-state index is 10.7. The van der Waals surface area contributed by atoms with E-state index in [0.29, 0.717) is 5.69 Å². The van der Waals surface area contributed by atoms with E-state index in [-0.39, 0.29) is 5.69 Å². The van der Waals surface area contributed by atoms with Crippen LogP contribution in [0.25, 0.3) is 0 Å². The van der Waals surface area contributed by atoms with Crippen molar-refractivity contribution in [3.05, 3.63) is 34.1 Å². The van der Waals surface area contributed by atoms with Crippen LogP contribution in [0.5, 0.6) is 0 Å². The highest BCUT2D eigenvalue weighted by molar-refractivity contribution is 7.99. The number of aryl methyl sites for hydroxylation is 1. The Balaban J connectivity index is 1.87. The van der Waals surface area contributed by atoms with Gasteiger partial charge in [-0.2, -0.15) is 0 Å². The van der Waals surface area contributed by atoms with Gasteiger partial charge in [-0.05, 0) is 30.7 Å². The molecule has 21 heavy (non-hydrogen) atoms. The monoisotopic (exact) mass is 305 g/mol. The van der Waals surface area contributed by atoms with E-state index in [4.69, 9.17) is 5.73 Å². The van der Waals surface area contributed by atoms with E-state index in [1.807, 2.05) is 0 Å². The molecule has 0 fully saturated rings. The Morgan fingerprint density at radius 2 is 2.14 bits per heavy atom. The van der Waals surface area contributed by atoms with E-state index in [1.54, 1.807) is 6.07 Å². The second kappa shape index (κ2) is 5.72. The number of nitrogens with two attached hydrogens (primary N) is 1. The molecule has 3 rings (SSSR count). The molecule has 2 heterocycles. The summed E-state index contributed by atoms with van der Waals surface area (Å²) >= 11 is 1.41. The lowest BCUT2D eigenvalue weighted by Gasteiger charge is -2.07. The second-order valence-corrected chi connectivity index (χ2v) is 5.95. The van der Waals surface area contributed by atoms with Gasteiger partial charge in [0.2, 0.25) is 0 Å². The van der Waals surface area contributed by atoms with Gasteiger partial charge in [0.1, 0.15) is 5.82 Å². The second-order valence-electron chi connectivity index (χ2n) is 4.94. The third-order valence-electron chi connectivity index (χ3n) is 3.48. The molecule has 0 saturated heterocycles. The third kappa shape index (κ3) is 2.85. The smallest absolute Gasteiger partial charge is 0.271 e. The molecule has 1 aromatic heterocycles. The topological polar surface area (TPSA) is 99.9 Å². The van der Waals surface area contributed by atoms with Crippen LogP contribution in [0.4, 0.5) is 11.4 Å². The van der Waals surface area contributed by atoms with Crippen LogP contribution in [0.15, 0.2) is 28.3 Å². The fourth-order valence-electron chi connectivity index (χ4n) is 2.37. The van der Waals surface area contributed by atoms with Gasteiger partial charge in [-0.15, -0.1) is 10.2 Å². The Morgan fingerprint density at radius 1 is 1.29 bits per heavy atom. The van der Waals surface area contributed by atoms with Crippen molar-refractivity contribution in [2.24, 2.45) is 0 Å². The standard InChI is InChI=1S/C13H15N5O2S/c14-10-8-9(18(19)20)5-6-11(10)21-13-16-15-12-4-2-1-3-7-17(12)13/h5-6,8H,1-4,7,14H2. The van der Waals surface area contributed by atoms with Crippen LogP contribution in [0, 0.1) is 10.1 Å². The minimum atomic E-state index is -0.450. The minimum absolute atomic E-state index is 0.00285. The van der Waals surface area contributed by atoms with E-state index in [0.717, 1.165) is 41.7 Å². The summed E-state index contributed by atoms with van der Waals surface area (Å²) in [5, 5.41) is 20.0. The fraction of sp³-hybridized carbons (Fsp3) is 0.385. The fourth-order valence-corrected chi connectivity index (χ4v) is 3.27. The van der Waals surface area contributed by atoms with E-state index >= 15 is 0 Å². The van der Waals surface area contributed by atoms with Gasteiger partial charge >= 0.3 is 0 Å². The van der Waals surface area contributed by atoms with Gasteiger partial charge in [-0.1, -0.05) is 6.42 Å². The molecule has 0 aliphatic carbocycles. The van der Waals surface area contributed by atoms with E-state index in [1.165, 1.54) is 30.3 Å². The Hall–Kier alpha value is -2.09. The molecule has 0 unspecified atom stereocenters. The van der Waals surface area contributed by atoms with Crippen molar-refractivity contribution in [2.75, 3.05) is 5.73 Å². The summed E-state index contributed by atoms with van der Waals surface area (Å²) in [6.07, 6.45) is 4.41. The summed E-state index contributed by atoms with van der Waals surface area (Å²) in [5.41, 5.74) is 6.29. The van der Waals surface area contributed by atoms with Crippen LogP contribution in [0.3, 0.4) is 0 Å². The van der Waals surface area contributed by atoms with Crippen molar-refractivity contribution in [1.29, 1.82) is 0 Å². The van der Waals surface area contributed by atoms with Crippen LogP contribution in [-0.2, 0) is 13.0 Å². The number of hydrogen-bond acceptors (Lipinski definition) is 6. The molecule has 2 aromatic rings. The zero-order chi connectivity index (χ0) is 14.8. The zero-order valence-corrected chi connectivity index (χ0v) is 12.2. The molecule has 1 aromatic carbocycles. The molecular formula is C13H15N5O2S. The van der Waals surface area contributed by atoms with E-state index in [2.05, 4.69) is 14.8 Å². The first-order valence-corrected chi connectivity index (χ1v) is 7.60. The average Bonchev–Trinajstić information content (AvgIpc) is 2.69. The Kier molecular flexibility index (Phi) is 3.78. The van der Waals surface area contributed by atoms with Crippen molar-refractivity contribution >= 4 is 23.1 Å². The highest BCUT2D eigenvalue weighted by atomic mass is 32.2. The van der Waals surface area contributed by atoms with Gasteiger partial charge in [-0.25, -0.2) is 0 Å². The van der Waals surface area contributed by atoms with Crippen LogP contribution >= 0.6 is 11.8 Å². The number of anilines is 1. The van der Waals surface area contributed by atoms with Crippen LogP contribution < -0.4 is 5.73 Å². The predicted molar refractivity (Wildman–Crippen MR) is 79.2 cm³/mol. The maximum absolute atomic E-state index is 10.7. The molecule has 0 bridgehead atoms. The summed E-state index contributed by atoms with van der Waals surface area (Å²) in [6.45, 7) is 0.914. The largest absolute Gasteiger partial charge is 0.398 e. The van der Waals surface area contributed by atoms with E-state index in [9.17, 15) is 10.1 Å². The molecule has 0 saturated carbocycles. The number of nitrogen functional groups attached to an aromatic ring is 1. The summed E-state index contributed by atoms with van der Waals surface area (Å²) in [5.74, 6) is 1.01. The first kappa shape index (κ1) is 13.9. The van der Waals surface area contributed by atoms with Crippen LogP contribution in [0.2, 0.25) is 0 Å². The highest BCUT2D eigenvalue weighted by Crippen LogP contribution is 2.34. The highest BCUT2D eigenvalue weighted by Gasteiger charge is 2.17. The van der Waals surface area contributed by atoms with Gasteiger partial charge in [0.15, 0.2) is 5.16 Å². The van der Waals surface area contributed by atoms with Crippen molar-refractivity contribution in [2.45, 2.75) is 42.3 Å². The number of non-ortho nitro benzene ring substituents is 1. The number of nitro benzene ring substituents is 1. The first-order valence-electron chi connectivity index (χ1n) is 6.79. The third-order valence-corrected chi connectivity index (χ3v) is 4.56. The van der Waals surface area contributed by atoms with E-state index < -0.39 is 4.92 Å². The molecule has 1 aliphatic rings. The SMILES string of the molecule is Nc1cc([N+](=O)[O-])ccc1Sc1nnc2n1CCCCC2. The molecular weight excluding hydrogens is 290 g/mol. The molecule has 8 heteroatoms. The number of hydrogen-bond donors (Lipinski definition) is 1. The average molecular weight is 305 g/mol. The van der Waals surface area contributed by atoms with Crippen LogP contribution in [-0.4, -0.2) is 19.7 Å². The van der Waals surface area contributed by atoms with Crippen LogP contribution in [0.1, 0.15) is 25.1 Å². The van der Waals surface area contributed by atoms with Gasteiger partial charge in [-0.3, -0.25) is 10.1 Å². The lowest BCUT2D eigenvalue weighted by molar-refractivity contribution is -0.384. The van der Waals surface area contributed by atoms with Gasteiger partial charge in [0.05, 0.1) is 10.6 Å².